The Balaban J connectivity index is 1.56. The number of phenols is 1. The van der Waals surface area contributed by atoms with E-state index in [1.54, 1.807) is 17.1 Å². The molecule has 0 saturated carbocycles. The van der Waals surface area contributed by atoms with Gasteiger partial charge in [-0.25, -0.2) is 5.01 Å². The number of carbonyl (C=O) groups is 1. The highest BCUT2D eigenvalue weighted by molar-refractivity contribution is 6.03. The molecule has 0 radical (unpaired) electrons. The molecule has 3 aromatic carbocycles. The van der Waals surface area contributed by atoms with Crippen molar-refractivity contribution < 1.29 is 14.6 Å². The van der Waals surface area contributed by atoms with Gasteiger partial charge >= 0.3 is 0 Å². The van der Waals surface area contributed by atoms with E-state index in [-0.39, 0.29) is 17.6 Å². The Hall–Kier alpha value is -3.60. The summed E-state index contributed by atoms with van der Waals surface area (Å²) in [4.78, 5) is 13.2. The van der Waals surface area contributed by atoms with Crippen LogP contribution in [-0.2, 0) is 0 Å². The third kappa shape index (κ3) is 2.72. The van der Waals surface area contributed by atoms with Crippen molar-refractivity contribution in [3.8, 4) is 11.5 Å². The normalized spacial score (nSPS) is 20.0. The number of fused-ring (bicyclic) bond motifs is 3. The Morgan fingerprint density at radius 2 is 1.68 bits per heavy atom. The summed E-state index contributed by atoms with van der Waals surface area (Å²) in [7, 11) is 0. The van der Waals surface area contributed by atoms with Crippen LogP contribution in [0.2, 0.25) is 0 Å². The lowest BCUT2D eigenvalue weighted by atomic mass is 9.96. The molecular weight excluding hydrogens is 352 g/mol. The smallest absolute Gasteiger partial charge is 0.251 e. The summed E-state index contributed by atoms with van der Waals surface area (Å²) < 4.78 is 6.08. The number of aromatic hydroxyl groups is 1. The molecule has 0 amide bonds. The SMILES string of the molecule is O=C(c1ccc(O)cc1)C1Oc2ccccc2C2CC(c3ccccc3)=NN12. The average molecular weight is 370 g/mol. The minimum Gasteiger partial charge on any atom is -0.508 e. The van der Waals surface area contributed by atoms with Gasteiger partial charge in [-0.15, -0.1) is 0 Å². The largest absolute Gasteiger partial charge is 0.508 e. The molecule has 5 nitrogen and oxygen atoms in total. The third-order valence-corrected chi connectivity index (χ3v) is 5.18. The predicted octanol–water partition coefficient (Wildman–Crippen LogP) is 4.14. The van der Waals surface area contributed by atoms with E-state index in [0.717, 1.165) is 16.8 Å². The number of ketones is 1. The zero-order valence-corrected chi connectivity index (χ0v) is 15.0. The minimum absolute atomic E-state index is 0.0498. The highest BCUT2D eigenvalue weighted by Crippen LogP contribution is 2.43. The van der Waals surface area contributed by atoms with E-state index < -0.39 is 6.23 Å². The number of rotatable bonds is 3. The number of Topliss-reactive ketones (excluding diaryl/α,β-unsaturated/α-hetero) is 1. The molecule has 5 heteroatoms. The first-order chi connectivity index (χ1) is 13.7. The van der Waals surface area contributed by atoms with Crippen molar-refractivity contribution in [1.29, 1.82) is 0 Å². The Kier molecular flexibility index (Phi) is 3.86. The van der Waals surface area contributed by atoms with Crippen LogP contribution in [0.4, 0.5) is 0 Å². The third-order valence-electron chi connectivity index (χ3n) is 5.18. The summed E-state index contributed by atoms with van der Waals surface area (Å²) in [6.45, 7) is 0. The van der Waals surface area contributed by atoms with Crippen molar-refractivity contribution in [2.75, 3.05) is 0 Å². The monoisotopic (exact) mass is 370 g/mol. The summed E-state index contributed by atoms with van der Waals surface area (Å²) >= 11 is 0. The second kappa shape index (κ2) is 6.53. The summed E-state index contributed by atoms with van der Waals surface area (Å²) in [5.74, 6) is 0.651. The number of phenolic OH excluding ortho intramolecular Hbond substituents is 1. The molecule has 0 aliphatic carbocycles. The average Bonchev–Trinajstić information content (AvgIpc) is 3.20. The van der Waals surface area contributed by atoms with Crippen LogP contribution in [0.15, 0.2) is 84.0 Å². The number of para-hydroxylation sites is 1. The van der Waals surface area contributed by atoms with Crippen LogP contribution in [-0.4, -0.2) is 27.8 Å². The number of ether oxygens (including phenoxy) is 1. The zero-order valence-electron chi connectivity index (χ0n) is 15.0. The minimum atomic E-state index is -0.842. The van der Waals surface area contributed by atoms with Crippen LogP contribution in [0.3, 0.4) is 0 Å². The number of hydrogen-bond donors (Lipinski definition) is 1. The first kappa shape index (κ1) is 16.6. The number of hydrogen-bond acceptors (Lipinski definition) is 5. The topological polar surface area (TPSA) is 62.1 Å². The Bertz CT molecular complexity index is 1060. The van der Waals surface area contributed by atoms with E-state index in [9.17, 15) is 9.90 Å². The molecule has 2 atom stereocenters. The second-order valence-corrected chi connectivity index (χ2v) is 6.93. The van der Waals surface area contributed by atoms with Gasteiger partial charge in [-0.2, -0.15) is 5.10 Å². The summed E-state index contributed by atoms with van der Waals surface area (Å²) in [5.41, 5.74) is 3.50. The molecule has 28 heavy (non-hydrogen) atoms. The maximum Gasteiger partial charge on any atom is 0.251 e. The molecule has 1 N–H and O–H groups in total. The number of benzene rings is 3. The van der Waals surface area contributed by atoms with E-state index >= 15 is 0 Å². The molecule has 2 aliphatic heterocycles. The standard InChI is InChI=1S/C23H18N2O3/c26-17-12-10-16(11-13-17)22(27)23-25-20(18-8-4-5-9-21(18)28-23)14-19(24-25)15-6-2-1-3-7-15/h1-13,20,23,26H,14H2. The van der Waals surface area contributed by atoms with Gasteiger partial charge in [-0.1, -0.05) is 48.5 Å². The fraction of sp³-hybridized carbons (Fsp3) is 0.130. The molecule has 2 aliphatic rings. The molecule has 2 heterocycles. The van der Waals surface area contributed by atoms with Gasteiger partial charge in [0, 0.05) is 17.5 Å². The lowest BCUT2D eigenvalue weighted by molar-refractivity contribution is -0.00455. The molecule has 138 valence electrons. The summed E-state index contributed by atoms with van der Waals surface area (Å²) in [5, 5.41) is 16.1. The van der Waals surface area contributed by atoms with Gasteiger partial charge in [0.2, 0.25) is 5.78 Å². The van der Waals surface area contributed by atoms with Gasteiger partial charge in [0.25, 0.3) is 6.23 Å². The highest BCUT2D eigenvalue weighted by atomic mass is 16.5. The van der Waals surface area contributed by atoms with E-state index in [1.807, 2.05) is 54.6 Å². The quantitative estimate of drug-likeness (QED) is 0.704. The van der Waals surface area contributed by atoms with Crippen LogP contribution >= 0.6 is 0 Å². The van der Waals surface area contributed by atoms with Crippen LogP contribution < -0.4 is 4.74 Å². The first-order valence-corrected chi connectivity index (χ1v) is 9.21. The van der Waals surface area contributed by atoms with E-state index in [2.05, 4.69) is 0 Å². The van der Waals surface area contributed by atoms with Crippen LogP contribution in [0, 0.1) is 0 Å². The van der Waals surface area contributed by atoms with Crippen LogP contribution in [0.25, 0.3) is 0 Å². The molecule has 0 spiro atoms. The Labute approximate surface area is 162 Å². The molecule has 0 saturated heterocycles. The van der Waals surface area contributed by atoms with Gasteiger partial charge < -0.3 is 9.84 Å². The maximum atomic E-state index is 13.2. The first-order valence-electron chi connectivity index (χ1n) is 9.21. The Morgan fingerprint density at radius 3 is 2.46 bits per heavy atom. The van der Waals surface area contributed by atoms with Gasteiger partial charge in [0.05, 0.1) is 11.8 Å². The van der Waals surface area contributed by atoms with Gasteiger partial charge in [-0.05, 0) is 35.9 Å². The zero-order chi connectivity index (χ0) is 19.1. The van der Waals surface area contributed by atoms with Crippen LogP contribution in [0.1, 0.15) is 33.9 Å². The lowest BCUT2D eigenvalue weighted by Crippen LogP contribution is -2.45. The highest BCUT2D eigenvalue weighted by Gasteiger charge is 2.43. The van der Waals surface area contributed by atoms with Crippen molar-refractivity contribution in [3.05, 3.63) is 95.6 Å². The predicted molar refractivity (Wildman–Crippen MR) is 105 cm³/mol. The molecule has 3 aromatic rings. The lowest BCUT2D eigenvalue weighted by Gasteiger charge is -2.37. The number of hydrazone groups is 1. The van der Waals surface area contributed by atoms with Crippen molar-refractivity contribution in [2.24, 2.45) is 5.10 Å². The number of carbonyl (C=O) groups excluding carboxylic acids is 1. The number of nitrogens with zero attached hydrogens (tertiary/aromatic N) is 2. The molecule has 0 fully saturated rings. The fourth-order valence-electron chi connectivity index (χ4n) is 3.78. The van der Waals surface area contributed by atoms with Gasteiger partial charge in [0.1, 0.15) is 11.5 Å². The second-order valence-electron chi connectivity index (χ2n) is 6.93. The van der Waals surface area contributed by atoms with E-state index in [1.165, 1.54) is 12.1 Å². The van der Waals surface area contributed by atoms with E-state index in [4.69, 9.17) is 9.84 Å². The molecular formula is C23H18N2O3. The molecule has 0 bridgehead atoms. The molecule has 0 aromatic heterocycles. The van der Waals surface area contributed by atoms with Gasteiger partial charge in [0.15, 0.2) is 0 Å². The van der Waals surface area contributed by atoms with Crippen molar-refractivity contribution in [3.63, 3.8) is 0 Å². The van der Waals surface area contributed by atoms with Crippen molar-refractivity contribution in [2.45, 2.75) is 18.7 Å². The van der Waals surface area contributed by atoms with Gasteiger partial charge in [-0.3, -0.25) is 4.79 Å². The molecule has 5 rings (SSSR count). The molecule has 2 unspecified atom stereocenters. The van der Waals surface area contributed by atoms with E-state index in [0.29, 0.717) is 17.7 Å². The van der Waals surface area contributed by atoms with Crippen LogP contribution in [0.5, 0.6) is 11.5 Å². The summed E-state index contributed by atoms with van der Waals surface area (Å²) in [6, 6.07) is 24.0. The fourth-order valence-corrected chi connectivity index (χ4v) is 3.78. The van der Waals surface area contributed by atoms with Crippen molar-refractivity contribution >= 4 is 11.5 Å². The Morgan fingerprint density at radius 1 is 0.964 bits per heavy atom. The maximum absolute atomic E-state index is 13.2. The summed E-state index contributed by atoms with van der Waals surface area (Å²) in [6.07, 6.45) is -0.130. The van der Waals surface area contributed by atoms with Crippen molar-refractivity contribution in [1.82, 2.24) is 5.01 Å².